The Hall–Kier alpha value is -2.13. The Kier molecular flexibility index (Phi) is 7.15. The molecule has 0 aliphatic carbocycles. The van der Waals surface area contributed by atoms with E-state index in [0.29, 0.717) is 11.8 Å². The molecule has 0 atom stereocenters. The van der Waals surface area contributed by atoms with Crippen LogP contribution in [0, 0.1) is 0 Å². The number of rotatable bonds is 8. The number of aliphatic imine (C=N–C) groups is 4. The molecule has 0 spiro atoms. The molecule has 9 heteroatoms. The van der Waals surface area contributed by atoms with Gasteiger partial charge in [0.1, 0.15) is 0 Å². The van der Waals surface area contributed by atoms with Crippen LogP contribution in [-0.2, 0) is 19.2 Å². The molecular formula is C10H10N4O4S. The van der Waals surface area contributed by atoms with Gasteiger partial charge in [-0.3, -0.25) is 0 Å². The number of isocyanates is 4. The topological polar surface area (TPSA) is 118 Å². The predicted molar refractivity (Wildman–Crippen MR) is 66.1 cm³/mol. The molecule has 100 valence electrons. The lowest BCUT2D eigenvalue weighted by molar-refractivity contribution is 0.519. The number of hydrogen-bond donors (Lipinski definition) is 0. The Morgan fingerprint density at radius 2 is 1.00 bits per heavy atom. The first-order chi connectivity index (χ1) is 9.07. The summed E-state index contributed by atoms with van der Waals surface area (Å²) in [7, 11) is 0. The Labute approximate surface area is 112 Å². The quantitative estimate of drug-likeness (QED) is 0.489. The monoisotopic (exact) mass is 282 g/mol. The highest BCUT2D eigenvalue weighted by Gasteiger charge is 2.41. The van der Waals surface area contributed by atoms with Crippen LogP contribution in [0.3, 0.4) is 0 Å². The van der Waals surface area contributed by atoms with Gasteiger partial charge in [0.25, 0.3) is 0 Å². The normalized spacial score (nSPS) is 15.3. The van der Waals surface area contributed by atoms with Gasteiger partial charge in [0.05, 0.1) is 0 Å². The molecule has 0 aromatic carbocycles. The van der Waals surface area contributed by atoms with Gasteiger partial charge in [-0.25, -0.2) is 19.2 Å². The second kappa shape index (κ2) is 8.06. The Morgan fingerprint density at radius 3 is 1.16 bits per heavy atom. The first-order valence-corrected chi connectivity index (χ1v) is 5.95. The third-order valence-corrected chi connectivity index (χ3v) is 3.73. The second-order valence-corrected chi connectivity index (χ2v) is 4.62. The molecule has 0 saturated carbocycles. The van der Waals surface area contributed by atoms with Crippen molar-refractivity contribution in [1.82, 2.24) is 0 Å². The third kappa shape index (κ3) is 4.56. The van der Waals surface area contributed by atoms with E-state index in [9.17, 15) is 19.2 Å². The van der Waals surface area contributed by atoms with E-state index in [1.807, 2.05) is 0 Å². The minimum Gasteiger partial charge on any atom is -0.211 e. The molecule has 0 heterocycles. The maximum absolute atomic E-state index is 10.4. The SMILES string of the molecule is CCC(N=C=O)(N=C=O)SC(CC)(N=C=O)N=C=O. The van der Waals surface area contributed by atoms with Crippen LogP contribution in [-0.4, -0.2) is 34.3 Å². The standard InChI is InChI=1S/C10H10N4O4S/c1-3-9(11-5-15,12-6-16)19-10(4-2,13-7-17)14-8-18/h3-4H2,1-2H3. The number of nitrogens with zero attached hydrogens (tertiary/aromatic N) is 4. The number of thioether (sulfide) groups is 1. The Balaban J connectivity index is 5.85. The molecule has 19 heavy (non-hydrogen) atoms. The largest absolute Gasteiger partial charge is 0.238 e. The summed E-state index contributed by atoms with van der Waals surface area (Å²) in [6, 6.07) is 0. The highest BCUT2D eigenvalue weighted by atomic mass is 32.2. The van der Waals surface area contributed by atoms with Crippen molar-refractivity contribution in [3.63, 3.8) is 0 Å². The molecule has 0 rings (SSSR count). The molecule has 0 aliphatic rings. The van der Waals surface area contributed by atoms with Crippen LogP contribution < -0.4 is 0 Å². The molecule has 0 bridgehead atoms. The van der Waals surface area contributed by atoms with Crippen LogP contribution in [0.25, 0.3) is 0 Å². The molecule has 0 aromatic heterocycles. The van der Waals surface area contributed by atoms with Crippen molar-refractivity contribution < 1.29 is 19.2 Å². The van der Waals surface area contributed by atoms with Crippen LogP contribution in [0.4, 0.5) is 0 Å². The lowest BCUT2D eigenvalue weighted by Crippen LogP contribution is -2.29. The Bertz CT molecular complexity index is 428. The molecule has 0 aliphatic heterocycles. The number of hydrogen-bond acceptors (Lipinski definition) is 9. The van der Waals surface area contributed by atoms with Crippen LogP contribution in [0.15, 0.2) is 20.0 Å². The van der Waals surface area contributed by atoms with Gasteiger partial charge in [-0.2, -0.15) is 20.0 Å². The van der Waals surface area contributed by atoms with Crippen molar-refractivity contribution in [3.05, 3.63) is 0 Å². The zero-order chi connectivity index (χ0) is 14.8. The smallest absolute Gasteiger partial charge is 0.211 e. The molecule has 0 amide bonds. The zero-order valence-corrected chi connectivity index (χ0v) is 11.1. The van der Waals surface area contributed by atoms with E-state index < -0.39 is 9.99 Å². The summed E-state index contributed by atoms with van der Waals surface area (Å²) in [5.41, 5.74) is 0. The summed E-state index contributed by atoms with van der Waals surface area (Å²) >= 11 is 0.666. The maximum atomic E-state index is 10.4. The predicted octanol–water partition coefficient (Wildman–Crippen LogP) is 1.19. The summed E-state index contributed by atoms with van der Waals surface area (Å²) in [4.78, 5) is 52.2. The Morgan fingerprint density at radius 1 is 0.737 bits per heavy atom. The van der Waals surface area contributed by atoms with E-state index in [4.69, 9.17) is 0 Å². The van der Waals surface area contributed by atoms with Crippen LogP contribution in [0.1, 0.15) is 26.7 Å². The van der Waals surface area contributed by atoms with E-state index in [2.05, 4.69) is 20.0 Å². The molecule has 0 aromatic rings. The summed E-state index contributed by atoms with van der Waals surface area (Å²) in [6.07, 6.45) is 5.31. The zero-order valence-electron chi connectivity index (χ0n) is 10.2. The lowest BCUT2D eigenvalue weighted by atomic mass is 10.4. The lowest BCUT2D eigenvalue weighted by Gasteiger charge is -2.28. The molecule has 0 fully saturated rings. The van der Waals surface area contributed by atoms with Gasteiger partial charge in [-0.15, -0.1) is 0 Å². The summed E-state index contributed by atoms with van der Waals surface area (Å²) < 4.78 is 0. The van der Waals surface area contributed by atoms with Crippen LogP contribution in [0.2, 0.25) is 0 Å². The van der Waals surface area contributed by atoms with E-state index in [-0.39, 0.29) is 12.8 Å². The van der Waals surface area contributed by atoms with Gasteiger partial charge in [0.2, 0.25) is 34.3 Å². The molecular weight excluding hydrogens is 272 g/mol. The minimum absolute atomic E-state index is 0.104. The van der Waals surface area contributed by atoms with E-state index in [0.717, 1.165) is 0 Å². The van der Waals surface area contributed by atoms with E-state index in [1.165, 1.54) is 24.3 Å². The first-order valence-electron chi connectivity index (χ1n) is 5.13. The van der Waals surface area contributed by atoms with Crippen molar-refractivity contribution in [2.24, 2.45) is 20.0 Å². The summed E-state index contributed by atoms with van der Waals surface area (Å²) in [5.74, 6) is 0. The van der Waals surface area contributed by atoms with Crippen molar-refractivity contribution >= 4 is 36.1 Å². The molecule has 0 unspecified atom stereocenters. The molecule has 8 nitrogen and oxygen atoms in total. The molecule has 0 N–H and O–H groups in total. The van der Waals surface area contributed by atoms with Crippen molar-refractivity contribution in [2.45, 2.75) is 36.7 Å². The van der Waals surface area contributed by atoms with E-state index in [1.54, 1.807) is 13.8 Å². The van der Waals surface area contributed by atoms with Crippen molar-refractivity contribution in [2.75, 3.05) is 0 Å². The fourth-order valence-corrected chi connectivity index (χ4v) is 2.29. The third-order valence-electron chi connectivity index (χ3n) is 2.13. The fourth-order valence-electron chi connectivity index (χ4n) is 1.15. The van der Waals surface area contributed by atoms with Gasteiger partial charge >= 0.3 is 0 Å². The van der Waals surface area contributed by atoms with Crippen LogP contribution in [0.5, 0.6) is 0 Å². The minimum atomic E-state index is -1.60. The highest BCUT2D eigenvalue weighted by molar-refractivity contribution is 8.01. The van der Waals surface area contributed by atoms with Gasteiger partial charge in [0.15, 0.2) is 0 Å². The van der Waals surface area contributed by atoms with Gasteiger partial charge in [-0.1, -0.05) is 25.6 Å². The average Bonchev–Trinajstić information content (AvgIpc) is 2.39. The first kappa shape index (κ1) is 16.9. The maximum Gasteiger partial charge on any atom is 0.238 e. The van der Waals surface area contributed by atoms with Crippen molar-refractivity contribution in [3.8, 4) is 0 Å². The van der Waals surface area contributed by atoms with Gasteiger partial charge in [-0.05, 0) is 0 Å². The molecule has 0 radical (unpaired) electrons. The highest BCUT2D eigenvalue weighted by Crippen LogP contribution is 2.44. The fraction of sp³-hybridized carbons (Fsp3) is 0.600. The number of carbonyl (C=O) groups excluding carboxylic acids is 4. The van der Waals surface area contributed by atoms with E-state index >= 15 is 0 Å². The summed E-state index contributed by atoms with van der Waals surface area (Å²) in [5, 5.41) is 0. The summed E-state index contributed by atoms with van der Waals surface area (Å²) in [6.45, 7) is 3.18. The van der Waals surface area contributed by atoms with Gasteiger partial charge < -0.3 is 0 Å². The second-order valence-electron chi connectivity index (χ2n) is 3.11. The van der Waals surface area contributed by atoms with Gasteiger partial charge in [0, 0.05) is 12.8 Å². The average molecular weight is 282 g/mol. The molecule has 0 saturated heterocycles. The van der Waals surface area contributed by atoms with Crippen molar-refractivity contribution in [1.29, 1.82) is 0 Å². The van der Waals surface area contributed by atoms with Crippen LogP contribution >= 0.6 is 11.8 Å².